The van der Waals surface area contributed by atoms with Gasteiger partial charge in [-0.3, -0.25) is 4.79 Å². The highest BCUT2D eigenvalue weighted by Gasteiger charge is 2.23. The summed E-state index contributed by atoms with van der Waals surface area (Å²) in [6.07, 6.45) is 0.760. The van der Waals surface area contributed by atoms with Gasteiger partial charge >= 0.3 is 0 Å². The highest BCUT2D eigenvalue weighted by atomic mass is 35.5. The summed E-state index contributed by atoms with van der Waals surface area (Å²) in [6, 6.07) is 0. The van der Waals surface area contributed by atoms with Crippen molar-refractivity contribution in [3.05, 3.63) is 0 Å². The maximum Gasteiger partial charge on any atom is 0.240 e. The molecule has 15 heavy (non-hydrogen) atoms. The maximum absolute atomic E-state index is 11.8. The standard InChI is InChI=1S/C10H18ClNO2S/c1-2-15-8-3-9(11)10(13)12-4-6-14-7-5-12/h9H,2-8H2,1H3. The lowest BCUT2D eigenvalue weighted by Crippen LogP contribution is -2.44. The number of carbonyl (C=O) groups excluding carboxylic acids is 1. The van der Waals surface area contributed by atoms with Crippen LogP contribution in [0.1, 0.15) is 13.3 Å². The Hall–Kier alpha value is 0.0700. The van der Waals surface area contributed by atoms with Crippen LogP contribution in [0.3, 0.4) is 0 Å². The zero-order chi connectivity index (χ0) is 11.1. The van der Waals surface area contributed by atoms with Gasteiger partial charge in [-0.2, -0.15) is 11.8 Å². The van der Waals surface area contributed by atoms with Crippen LogP contribution in [0.5, 0.6) is 0 Å². The normalized spacial score (nSPS) is 18.9. The van der Waals surface area contributed by atoms with E-state index >= 15 is 0 Å². The van der Waals surface area contributed by atoms with Crippen molar-refractivity contribution in [2.45, 2.75) is 18.7 Å². The van der Waals surface area contributed by atoms with E-state index in [-0.39, 0.29) is 11.3 Å². The van der Waals surface area contributed by atoms with E-state index in [9.17, 15) is 4.79 Å². The van der Waals surface area contributed by atoms with E-state index in [0.717, 1.165) is 17.9 Å². The fourth-order valence-electron chi connectivity index (χ4n) is 1.44. The fourth-order valence-corrected chi connectivity index (χ4v) is 2.50. The van der Waals surface area contributed by atoms with E-state index in [4.69, 9.17) is 16.3 Å². The first-order chi connectivity index (χ1) is 7.25. The molecule has 1 rings (SSSR count). The van der Waals surface area contributed by atoms with Gasteiger partial charge in [0.15, 0.2) is 0 Å². The highest BCUT2D eigenvalue weighted by Crippen LogP contribution is 2.12. The Morgan fingerprint density at radius 3 is 2.80 bits per heavy atom. The summed E-state index contributed by atoms with van der Waals surface area (Å²) < 4.78 is 5.19. The van der Waals surface area contributed by atoms with Crippen LogP contribution >= 0.6 is 23.4 Å². The Morgan fingerprint density at radius 2 is 2.20 bits per heavy atom. The van der Waals surface area contributed by atoms with Gasteiger partial charge in [0, 0.05) is 13.1 Å². The summed E-state index contributed by atoms with van der Waals surface area (Å²) in [4.78, 5) is 13.6. The molecule has 1 aliphatic rings. The molecular weight excluding hydrogens is 234 g/mol. The van der Waals surface area contributed by atoms with Gasteiger partial charge in [-0.15, -0.1) is 11.6 Å². The number of rotatable bonds is 5. The number of halogens is 1. The molecule has 0 aromatic rings. The van der Waals surface area contributed by atoms with E-state index < -0.39 is 0 Å². The molecular formula is C10H18ClNO2S. The number of nitrogens with zero attached hydrogens (tertiary/aromatic N) is 1. The van der Waals surface area contributed by atoms with Crippen LogP contribution in [0.25, 0.3) is 0 Å². The molecule has 1 amide bonds. The first-order valence-corrected chi connectivity index (χ1v) is 6.93. The van der Waals surface area contributed by atoms with Crippen LogP contribution in [-0.4, -0.2) is 54.0 Å². The lowest BCUT2D eigenvalue weighted by Gasteiger charge is -2.28. The Kier molecular flexibility index (Phi) is 6.45. The lowest BCUT2D eigenvalue weighted by molar-refractivity contribution is -0.134. The van der Waals surface area contributed by atoms with Crippen LogP contribution < -0.4 is 0 Å². The fraction of sp³-hybridized carbons (Fsp3) is 0.900. The van der Waals surface area contributed by atoms with Gasteiger partial charge in [0.2, 0.25) is 5.91 Å². The molecule has 0 bridgehead atoms. The number of morpholine rings is 1. The molecule has 0 radical (unpaired) electrons. The van der Waals surface area contributed by atoms with E-state index in [1.807, 2.05) is 11.8 Å². The molecule has 1 aliphatic heterocycles. The molecule has 5 heteroatoms. The van der Waals surface area contributed by atoms with Crippen molar-refractivity contribution in [3.63, 3.8) is 0 Å². The molecule has 3 nitrogen and oxygen atoms in total. The number of hydrogen-bond donors (Lipinski definition) is 0. The molecule has 1 unspecified atom stereocenters. The van der Waals surface area contributed by atoms with Crippen molar-refractivity contribution in [1.29, 1.82) is 0 Å². The highest BCUT2D eigenvalue weighted by molar-refractivity contribution is 7.99. The summed E-state index contributed by atoms with van der Waals surface area (Å²) >= 11 is 7.88. The third-order valence-electron chi connectivity index (χ3n) is 2.31. The van der Waals surface area contributed by atoms with Gasteiger partial charge in [-0.25, -0.2) is 0 Å². The molecule has 1 saturated heterocycles. The number of hydrogen-bond acceptors (Lipinski definition) is 3. The second-order valence-corrected chi connectivity index (χ2v) is 5.31. The average Bonchev–Trinajstić information content (AvgIpc) is 2.29. The zero-order valence-electron chi connectivity index (χ0n) is 9.08. The molecule has 0 aliphatic carbocycles. The van der Waals surface area contributed by atoms with Gasteiger partial charge in [-0.1, -0.05) is 6.92 Å². The van der Waals surface area contributed by atoms with E-state index in [1.165, 1.54) is 0 Å². The van der Waals surface area contributed by atoms with E-state index in [0.29, 0.717) is 26.3 Å². The Morgan fingerprint density at radius 1 is 1.53 bits per heavy atom. The molecule has 1 atom stereocenters. The van der Waals surface area contributed by atoms with Crippen LogP contribution in [0.2, 0.25) is 0 Å². The minimum absolute atomic E-state index is 0.0664. The second-order valence-electron chi connectivity index (χ2n) is 3.39. The number of thioether (sulfide) groups is 1. The summed E-state index contributed by atoms with van der Waals surface area (Å²) in [7, 11) is 0. The third kappa shape index (κ3) is 4.62. The number of ether oxygens (including phenoxy) is 1. The molecule has 88 valence electrons. The van der Waals surface area contributed by atoms with Crippen LogP contribution in [0.15, 0.2) is 0 Å². The van der Waals surface area contributed by atoms with Crippen molar-refractivity contribution in [2.75, 3.05) is 37.8 Å². The van der Waals surface area contributed by atoms with Crippen LogP contribution in [-0.2, 0) is 9.53 Å². The smallest absolute Gasteiger partial charge is 0.240 e. The van der Waals surface area contributed by atoms with Crippen LogP contribution in [0.4, 0.5) is 0 Å². The van der Waals surface area contributed by atoms with Crippen molar-refractivity contribution in [2.24, 2.45) is 0 Å². The molecule has 0 saturated carbocycles. The van der Waals surface area contributed by atoms with Crippen molar-refractivity contribution in [3.8, 4) is 0 Å². The summed E-state index contributed by atoms with van der Waals surface area (Å²) in [5.74, 6) is 2.10. The molecule has 0 aromatic carbocycles. The van der Waals surface area contributed by atoms with Gasteiger partial charge in [0.1, 0.15) is 5.38 Å². The predicted octanol–water partition coefficient (Wildman–Crippen LogP) is 1.60. The van der Waals surface area contributed by atoms with Crippen LogP contribution in [0, 0.1) is 0 Å². The second kappa shape index (κ2) is 7.36. The summed E-state index contributed by atoms with van der Waals surface area (Å²) in [5, 5.41) is -0.359. The largest absolute Gasteiger partial charge is 0.378 e. The molecule has 0 N–H and O–H groups in total. The van der Waals surface area contributed by atoms with E-state index in [1.54, 1.807) is 4.90 Å². The number of alkyl halides is 1. The van der Waals surface area contributed by atoms with Crippen molar-refractivity contribution >= 4 is 29.3 Å². The van der Waals surface area contributed by atoms with Crippen molar-refractivity contribution in [1.82, 2.24) is 4.90 Å². The minimum atomic E-state index is -0.359. The van der Waals surface area contributed by atoms with Gasteiger partial charge in [0.25, 0.3) is 0 Å². The Bertz CT molecular complexity index is 198. The van der Waals surface area contributed by atoms with Gasteiger partial charge in [-0.05, 0) is 17.9 Å². The first-order valence-electron chi connectivity index (χ1n) is 5.34. The summed E-state index contributed by atoms with van der Waals surface area (Å²) in [6.45, 7) is 4.75. The van der Waals surface area contributed by atoms with E-state index in [2.05, 4.69) is 6.92 Å². The Balaban J connectivity index is 2.24. The van der Waals surface area contributed by atoms with Crippen molar-refractivity contribution < 1.29 is 9.53 Å². The first kappa shape index (κ1) is 13.1. The van der Waals surface area contributed by atoms with Gasteiger partial charge in [0.05, 0.1) is 13.2 Å². The SMILES string of the molecule is CCSCCC(Cl)C(=O)N1CCOCC1. The lowest BCUT2D eigenvalue weighted by atomic mass is 10.2. The van der Waals surface area contributed by atoms with Gasteiger partial charge < -0.3 is 9.64 Å². The molecule has 1 heterocycles. The number of amides is 1. The topological polar surface area (TPSA) is 29.5 Å². The molecule has 1 fully saturated rings. The zero-order valence-corrected chi connectivity index (χ0v) is 10.6. The molecule has 0 aromatic heterocycles. The summed E-state index contributed by atoms with van der Waals surface area (Å²) in [5.41, 5.74) is 0. The molecule has 0 spiro atoms. The predicted molar refractivity (Wildman–Crippen MR) is 64.7 cm³/mol. The third-order valence-corrected chi connectivity index (χ3v) is 3.65. The quantitative estimate of drug-likeness (QED) is 0.549. The number of carbonyl (C=O) groups is 1. The Labute approximate surface area is 100 Å². The average molecular weight is 252 g/mol. The monoisotopic (exact) mass is 251 g/mol. The minimum Gasteiger partial charge on any atom is -0.378 e. The maximum atomic E-state index is 11.8.